The van der Waals surface area contributed by atoms with Crippen LogP contribution in [0.5, 0.6) is 34.5 Å². The third-order valence-corrected chi connectivity index (χ3v) is 9.53. The lowest BCUT2D eigenvalue weighted by Crippen LogP contribution is -2.08. The van der Waals surface area contributed by atoms with Crippen molar-refractivity contribution < 1.29 is 33.3 Å². The van der Waals surface area contributed by atoms with Crippen LogP contribution < -0.4 is 23.7 Å². The van der Waals surface area contributed by atoms with Crippen LogP contribution in [0.4, 0.5) is 11.4 Å². The van der Waals surface area contributed by atoms with E-state index < -0.39 is 11.9 Å². The number of hydrogen-bond acceptors (Lipinski definition) is 9. The number of carbonyl (C=O) groups is 2. The zero-order valence-corrected chi connectivity index (χ0v) is 34.8. The normalized spacial score (nSPS) is 11.1. The highest BCUT2D eigenvalue weighted by atomic mass is 16.5. The van der Waals surface area contributed by atoms with Gasteiger partial charge in [0.25, 0.3) is 0 Å². The van der Waals surface area contributed by atoms with Crippen LogP contribution in [-0.2, 0) is 0 Å². The molecular weight excluding hydrogens is 765 g/mol. The molecule has 6 rings (SSSR count). The van der Waals surface area contributed by atoms with Crippen LogP contribution in [0.25, 0.3) is 0 Å². The van der Waals surface area contributed by atoms with Gasteiger partial charge >= 0.3 is 11.9 Å². The molecule has 0 spiro atoms. The van der Waals surface area contributed by atoms with Crippen LogP contribution >= 0.6 is 0 Å². The van der Waals surface area contributed by atoms with Gasteiger partial charge in [-0.25, -0.2) is 9.59 Å². The Balaban J connectivity index is 0.909. The maximum absolute atomic E-state index is 12.7. The number of carbonyl (C=O) groups excluding carboxylic acids is 2. The summed E-state index contributed by atoms with van der Waals surface area (Å²) in [5.41, 5.74) is 4.15. The van der Waals surface area contributed by atoms with Crippen molar-refractivity contribution >= 4 is 35.7 Å². The molecule has 0 radical (unpaired) electrons. The van der Waals surface area contributed by atoms with Gasteiger partial charge in [0.15, 0.2) is 0 Å². The standard InChI is InChI=1S/C52H52N2O7/c1-3-5-7-9-35-57-45-27-15-41(16-28-45)51(55)60-49-23-11-39(12-24-49)37-53-43-19-31-47(32-20-43)59-48-33-21-44(22-34-48)54-38-40-13-25-50(26-14-40)61-52(56)42-17-29-46(30-18-42)58-36-10-8-6-4-2/h11-34,37-38H,3-10,35-36H2,1-2H3. The molecule has 9 nitrogen and oxygen atoms in total. The smallest absolute Gasteiger partial charge is 0.343 e. The van der Waals surface area contributed by atoms with E-state index in [1.165, 1.54) is 25.7 Å². The van der Waals surface area contributed by atoms with E-state index in [1.807, 2.05) is 72.8 Å². The molecule has 0 aliphatic carbocycles. The SMILES string of the molecule is CCCCCCOc1ccc(C(=O)Oc2ccc(C=Nc3ccc(Oc4ccc(N=Cc5ccc(OC(=O)c6ccc(OCCCCCC)cc6)cc5)cc4)cc3)cc2)cc1. The van der Waals surface area contributed by atoms with E-state index in [9.17, 15) is 9.59 Å². The molecule has 0 amide bonds. The van der Waals surface area contributed by atoms with Crippen molar-refractivity contribution in [1.29, 1.82) is 0 Å². The van der Waals surface area contributed by atoms with Crippen LogP contribution in [0.1, 0.15) is 97.1 Å². The van der Waals surface area contributed by atoms with E-state index >= 15 is 0 Å². The third kappa shape index (κ3) is 14.7. The summed E-state index contributed by atoms with van der Waals surface area (Å²) in [6.07, 6.45) is 12.6. The number of unbranched alkanes of at least 4 members (excludes halogenated alkanes) is 6. The molecule has 0 bridgehead atoms. The van der Waals surface area contributed by atoms with E-state index in [0.717, 1.165) is 59.7 Å². The average Bonchev–Trinajstić information content (AvgIpc) is 3.30. The Hall–Kier alpha value is -7.00. The molecule has 0 heterocycles. The number of rotatable bonds is 22. The summed E-state index contributed by atoms with van der Waals surface area (Å²) in [6.45, 7) is 5.71. The molecule has 0 aliphatic heterocycles. The number of hydrogen-bond donors (Lipinski definition) is 0. The van der Waals surface area contributed by atoms with E-state index in [0.29, 0.717) is 47.3 Å². The molecule has 0 saturated carbocycles. The highest BCUT2D eigenvalue weighted by Crippen LogP contribution is 2.27. The molecule has 6 aromatic rings. The van der Waals surface area contributed by atoms with Crippen molar-refractivity contribution in [2.75, 3.05) is 13.2 Å². The lowest BCUT2D eigenvalue weighted by molar-refractivity contribution is 0.0725. The summed E-state index contributed by atoms with van der Waals surface area (Å²) in [5.74, 6) is 2.87. The van der Waals surface area contributed by atoms with Gasteiger partial charge in [-0.3, -0.25) is 9.98 Å². The minimum Gasteiger partial charge on any atom is -0.494 e. The minimum atomic E-state index is -0.430. The first-order chi connectivity index (χ1) is 29.9. The predicted octanol–water partition coefficient (Wildman–Crippen LogP) is 13.3. The first kappa shape index (κ1) is 43.6. The summed E-state index contributed by atoms with van der Waals surface area (Å²) in [7, 11) is 0. The molecule has 0 fully saturated rings. The molecule has 0 N–H and O–H groups in total. The topological polar surface area (TPSA) is 105 Å². The number of benzene rings is 6. The quantitative estimate of drug-likeness (QED) is 0.0291. The Morgan fingerprint density at radius 3 is 1.11 bits per heavy atom. The Kier molecular flexibility index (Phi) is 16.8. The fourth-order valence-electron chi connectivity index (χ4n) is 6.02. The molecule has 312 valence electrons. The molecule has 6 aromatic carbocycles. The summed E-state index contributed by atoms with van der Waals surface area (Å²) >= 11 is 0. The van der Waals surface area contributed by atoms with Crippen molar-refractivity contribution in [2.24, 2.45) is 9.98 Å². The average molecular weight is 817 g/mol. The fourth-order valence-corrected chi connectivity index (χ4v) is 6.02. The molecule has 0 atom stereocenters. The van der Waals surface area contributed by atoms with E-state index in [1.54, 1.807) is 85.2 Å². The third-order valence-electron chi connectivity index (χ3n) is 9.53. The summed E-state index contributed by atoms with van der Waals surface area (Å²) < 4.78 is 28.7. The van der Waals surface area contributed by atoms with Gasteiger partial charge in [0.1, 0.15) is 34.5 Å². The fraction of sp³-hybridized carbons (Fsp3) is 0.231. The lowest BCUT2D eigenvalue weighted by Gasteiger charge is -2.08. The van der Waals surface area contributed by atoms with Crippen molar-refractivity contribution in [3.63, 3.8) is 0 Å². The van der Waals surface area contributed by atoms with Crippen molar-refractivity contribution in [1.82, 2.24) is 0 Å². The highest BCUT2D eigenvalue weighted by molar-refractivity contribution is 5.92. The molecule has 9 heteroatoms. The lowest BCUT2D eigenvalue weighted by atomic mass is 10.2. The summed E-state index contributed by atoms with van der Waals surface area (Å²) in [4.78, 5) is 34.5. The highest BCUT2D eigenvalue weighted by Gasteiger charge is 2.11. The summed E-state index contributed by atoms with van der Waals surface area (Å²) in [5, 5.41) is 0. The van der Waals surface area contributed by atoms with Gasteiger partial charge in [-0.05, 0) is 170 Å². The second kappa shape index (κ2) is 23.6. The number of esters is 2. The second-order valence-corrected chi connectivity index (χ2v) is 14.4. The second-order valence-electron chi connectivity index (χ2n) is 14.4. The van der Waals surface area contributed by atoms with Crippen LogP contribution in [0, 0.1) is 0 Å². The van der Waals surface area contributed by atoms with Gasteiger partial charge in [-0.15, -0.1) is 0 Å². The van der Waals surface area contributed by atoms with E-state index in [2.05, 4.69) is 23.8 Å². The predicted molar refractivity (Wildman–Crippen MR) is 242 cm³/mol. The Bertz CT molecular complexity index is 2140. The zero-order chi connectivity index (χ0) is 42.5. The Labute approximate surface area is 358 Å². The summed E-state index contributed by atoms with van der Waals surface area (Å²) in [6, 6.07) is 43.3. The van der Waals surface area contributed by atoms with E-state index in [-0.39, 0.29) is 0 Å². The largest absolute Gasteiger partial charge is 0.494 e. The Morgan fingerprint density at radius 2 is 0.754 bits per heavy atom. The van der Waals surface area contributed by atoms with E-state index in [4.69, 9.17) is 23.7 Å². The Morgan fingerprint density at radius 1 is 0.410 bits per heavy atom. The first-order valence-corrected chi connectivity index (χ1v) is 21.0. The molecule has 0 saturated heterocycles. The van der Waals surface area contributed by atoms with Gasteiger partial charge in [0, 0.05) is 12.4 Å². The monoisotopic (exact) mass is 816 g/mol. The number of aliphatic imine (C=N–C) groups is 2. The first-order valence-electron chi connectivity index (χ1n) is 21.0. The van der Waals surface area contributed by atoms with Gasteiger partial charge in [-0.2, -0.15) is 0 Å². The maximum Gasteiger partial charge on any atom is 0.343 e. The molecule has 61 heavy (non-hydrogen) atoms. The van der Waals surface area contributed by atoms with Gasteiger partial charge in [0.2, 0.25) is 0 Å². The number of ether oxygens (including phenoxy) is 5. The van der Waals surface area contributed by atoms with Crippen molar-refractivity contribution in [3.05, 3.63) is 168 Å². The van der Waals surface area contributed by atoms with Crippen LogP contribution in [0.15, 0.2) is 156 Å². The van der Waals surface area contributed by atoms with Crippen molar-refractivity contribution in [3.8, 4) is 34.5 Å². The zero-order valence-electron chi connectivity index (χ0n) is 34.8. The molecule has 0 unspecified atom stereocenters. The number of nitrogens with zero attached hydrogens (tertiary/aromatic N) is 2. The van der Waals surface area contributed by atoms with Crippen LogP contribution in [0.2, 0.25) is 0 Å². The van der Waals surface area contributed by atoms with Gasteiger partial charge < -0.3 is 23.7 Å². The molecular formula is C52H52N2O7. The van der Waals surface area contributed by atoms with Gasteiger partial charge in [-0.1, -0.05) is 52.4 Å². The minimum absolute atomic E-state index is 0.430. The van der Waals surface area contributed by atoms with Crippen molar-refractivity contribution in [2.45, 2.75) is 65.2 Å². The van der Waals surface area contributed by atoms with Gasteiger partial charge in [0.05, 0.1) is 35.7 Å². The molecule has 0 aromatic heterocycles. The maximum atomic E-state index is 12.7. The molecule has 0 aliphatic rings. The van der Waals surface area contributed by atoms with Crippen LogP contribution in [-0.4, -0.2) is 37.6 Å². The van der Waals surface area contributed by atoms with Crippen LogP contribution in [0.3, 0.4) is 0 Å².